The van der Waals surface area contributed by atoms with Crippen molar-refractivity contribution >= 4 is 5.97 Å². The van der Waals surface area contributed by atoms with Crippen molar-refractivity contribution in [2.45, 2.75) is 38.9 Å². The minimum atomic E-state index is -0.148. The van der Waals surface area contributed by atoms with Gasteiger partial charge in [0.05, 0.1) is 13.7 Å². The van der Waals surface area contributed by atoms with E-state index in [-0.39, 0.29) is 12.0 Å². The zero-order valence-electron chi connectivity index (χ0n) is 10.3. The summed E-state index contributed by atoms with van der Waals surface area (Å²) in [6.07, 6.45) is 3.45. The van der Waals surface area contributed by atoms with Gasteiger partial charge >= 0.3 is 5.97 Å². The second kappa shape index (κ2) is 5.27. The standard InChI is InChI=1S/C11H18N4O2/c1-3-15-10(12-8-13-15)7-14-6-4-5-9(14)11(16)17-2/h8-9H,3-7H2,1-2H3. The van der Waals surface area contributed by atoms with Crippen molar-refractivity contribution in [3.8, 4) is 0 Å². The van der Waals surface area contributed by atoms with Crippen molar-refractivity contribution in [3.63, 3.8) is 0 Å². The first-order valence-corrected chi connectivity index (χ1v) is 5.94. The number of rotatable bonds is 4. The molecule has 0 spiro atoms. The fraction of sp³-hybridized carbons (Fsp3) is 0.727. The Balaban J connectivity index is 2.05. The van der Waals surface area contributed by atoms with E-state index in [9.17, 15) is 4.79 Å². The average molecular weight is 238 g/mol. The molecule has 1 aliphatic rings. The van der Waals surface area contributed by atoms with E-state index in [0.717, 1.165) is 31.8 Å². The van der Waals surface area contributed by atoms with Gasteiger partial charge in [0.2, 0.25) is 0 Å². The SMILES string of the molecule is CCn1ncnc1CN1CCCC1C(=O)OC. The van der Waals surface area contributed by atoms with Crippen molar-refractivity contribution < 1.29 is 9.53 Å². The van der Waals surface area contributed by atoms with E-state index in [1.54, 1.807) is 6.33 Å². The summed E-state index contributed by atoms with van der Waals surface area (Å²) in [5.41, 5.74) is 0. The van der Waals surface area contributed by atoms with E-state index in [4.69, 9.17) is 4.74 Å². The summed E-state index contributed by atoms with van der Waals surface area (Å²) >= 11 is 0. The summed E-state index contributed by atoms with van der Waals surface area (Å²) in [7, 11) is 1.44. The van der Waals surface area contributed by atoms with Crippen LogP contribution in [-0.2, 0) is 22.6 Å². The second-order valence-electron chi connectivity index (χ2n) is 4.14. The van der Waals surface area contributed by atoms with Crippen LogP contribution in [0.1, 0.15) is 25.6 Å². The molecule has 0 bridgehead atoms. The van der Waals surface area contributed by atoms with Crippen LogP contribution in [0.15, 0.2) is 6.33 Å². The number of hydrogen-bond donors (Lipinski definition) is 0. The van der Waals surface area contributed by atoms with Crippen molar-refractivity contribution in [1.82, 2.24) is 19.7 Å². The van der Waals surface area contributed by atoms with Gasteiger partial charge in [-0.3, -0.25) is 9.69 Å². The molecule has 0 radical (unpaired) electrons. The second-order valence-corrected chi connectivity index (χ2v) is 4.14. The highest BCUT2D eigenvalue weighted by molar-refractivity contribution is 5.75. The van der Waals surface area contributed by atoms with Gasteiger partial charge in [0.1, 0.15) is 18.2 Å². The molecule has 0 aliphatic carbocycles. The van der Waals surface area contributed by atoms with Gasteiger partial charge in [0.15, 0.2) is 0 Å². The van der Waals surface area contributed by atoms with Gasteiger partial charge < -0.3 is 4.74 Å². The normalized spacial score (nSPS) is 20.7. The van der Waals surface area contributed by atoms with Crippen LogP contribution in [0.5, 0.6) is 0 Å². The van der Waals surface area contributed by atoms with E-state index in [1.165, 1.54) is 7.11 Å². The molecule has 1 aromatic heterocycles. The summed E-state index contributed by atoms with van der Waals surface area (Å²) in [5.74, 6) is 0.758. The minimum absolute atomic E-state index is 0.123. The van der Waals surface area contributed by atoms with Crippen molar-refractivity contribution in [3.05, 3.63) is 12.2 Å². The van der Waals surface area contributed by atoms with E-state index >= 15 is 0 Å². The fourth-order valence-electron chi connectivity index (χ4n) is 2.27. The lowest BCUT2D eigenvalue weighted by Crippen LogP contribution is -2.37. The molecule has 94 valence electrons. The van der Waals surface area contributed by atoms with Gasteiger partial charge in [0.25, 0.3) is 0 Å². The summed E-state index contributed by atoms with van der Waals surface area (Å²) in [4.78, 5) is 17.9. The Bertz CT molecular complexity index is 391. The number of nitrogens with zero attached hydrogens (tertiary/aromatic N) is 4. The van der Waals surface area contributed by atoms with Crippen molar-refractivity contribution in [2.75, 3.05) is 13.7 Å². The highest BCUT2D eigenvalue weighted by atomic mass is 16.5. The first-order valence-electron chi connectivity index (χ1n) is 5.94. The number of aryl methyl sites for hydroxylation is 1. The van der Waals surface area contributed by atoms with Crippen LogP contribution >= 0.6 is 0 Å². The third kappa shape index (κ3) is 2.46. The number of likely N-dealkylation sites (tertiary alicyclic amines) is 1. The van der Waals surface area contributed by atoms with E-state index < -0.39 is 0 Å². The summed E-state index contributed by atoms with van der Waals surface area (Å²) in [6.45, 7) is 4.40. The molecule has 6 nitrogen and oxygen atoms in total. The molecule has 0 aromatic carbocycles. The molecule has 17 heavy (non-hydrogen) atoms. The van der Waals surface area contributed by atoms with Crippen LogP contribution < -0.4 is 0 Å². The van der Waals surface area contributed by atoms with E-state index in [2.05, 4.69) is 15.0 Å². The number of ether oxygens (including phenoxy) is 1. The van der Waals surface area contributed by atoms with Gasteiger partial charge in [-0.25, -0.2) is 9.67 Å². The van der Waals surface area contributed by atoms with Crippen molar-refractivity contribution in [1.29, 1.82) is 0 Å². The molecule has 2 heterocycles. The van der Waals surface area contributed by atoms with Gasteiger partial charge in [-0.2, -0.15) is 5.10 Å². The molecule has 0 saturated carbocycles. The largest absolute Gasteiger partial charge is 0.468 e. The first-order chi connectivity index (χ1) is 8.26. The van der Waals surface area contributed by atoms with E-state index in [0.29, 0.717) is 6.54 Å². The number of esters is 1. The first kappa shape index (κ1) is 12.0. The Labute approximate surface area is 101 Å². The molecule has 0 N–H and O–H groups in total. The Hall–Kier alpha value is -1.43. The van der Waals surface area contributed by atoms with Gasteiger partial charge in [-0.05, 0) is 26.3 Å². The number of methoxy groups -OCH3 is 1. The topological polar surface area (TPSA) is 60.2 Å². The zero-order valence-corrected chi connectivity index (χ0v) is 10.3. The summed E-state index contributed by atoms with van der Waals surface area (Å²) < 4.78 is 6.67. The summed E-state index contributed by atoms with van der Waals surface area (Å²) in [6, 6.07) is -0.123. The minimum Gasteiger partial charge on any atom is -0.468 e. The van der Waals surface area contributed by atoms with Crippen LogP contribution in [0.25, 0.3) is 0 Å². The lowest BCUT2D eigenvalue weighted by atomic mass is 10.2. The molecule has 1 aliphatic heterocycles. The van der Waals surface area contributed by atoms with Crippen LogP contribution in [-0.4, -0.2) is 45.3 Å². The molecular formula is C11H18N4O2. The molecule has 1 atom stereocenters. The maximum absolute atomic E-state index is 11.6. The maximum atomic E-state index is 11.6. The van der Waals surface area contributed by atoms with Crippen molar-refractivity contribution in [2.24, 2.45) is 0 Å². The predicted octanol–water partition coefficient (Wildman–Crippen LogP) is 0.435. The smallest absolute Gasteiger partial charge is 0.323 e. The molecule has 1 fully saturated rings. The zero-order chi connectivity index (χ0) is 12.3. The Morgan fingerprint density at radius 1 is 1.65 bits per heavy atom. The monoisotopic (exact) mass is 238 g/mol. The average Bonchev–Trinajstić information content (AvgIpc) is 2.97. The highest BCUT2D eigenvalue weighted by Gasteiger charge is 2.32. The predicted molar refractivity (Wildman–Crippen MR) is 61.1 cm³/mol. The lowest BCUT2D eigenvalue weighted by molar-refractivity contribution is -0.146. The lowest BCUT2D eigenvalue weighted by Gasteiger charge is -2.21. The molecular weight excluding hydrogens is 220 g/mol. The van der Waals surface area contributed by atoms with Crippen LogP contribution in [0, 0.1) is 0 Å². The molecule has 1 aromatic rings. The highest BCUT2D eigenvalue weighted by Crippen LogP contribution is 2.20. The number of hydrogen-bond acceptors (Lipinski definition) is 5. The van der Waals surface area contributed by atoms with Gasteiger partial charge in [-0.1, -0.05) is 0 Å². The van der Waals surface area contributed by atoms with Gasteiger partial charge in [0, 0.05) is 6.54 Å². The quantitative estimate of drug-likeness (QED) is 0.712. The molecule has 2 rings (SSSR count). The number of carbonyl (C=O) groups excluding carboxylic acids is 1. The molecule has 1 unspecified atom stereocenters. The van der Waals surface area contributed by atoms with Gasteiger partial charge in [-0.15, -0.1) is 0 Å². The summed E-state index contributed by atoms with van der Waals surface area (Å²) in [5, 5.41) is 4.13. The van der Waals surface area contributed by atoms with Crippen LogP contribution in [0.3, 0.4) is 0 Å². The fourth-order valence-corrected chi connectivity index (χ4v) is 2.27. The molecule has 6 heteroatoms. The van der Waals surface area contributed by atoms with Crippen LogP contribution in [0.4, 0.5) is 0 Å². The molecule has 0 amide bonds. The third-order valence-corrected chi connectivity index (χ3v) is 3.18. The third-order valence-electron chi connectivity index (χ3n) is 3.18. The Morgan fingerprint density at radius 3 is 3.18 bits per heavy atom. The maximum Gasteiger partial charge on any atom is 0.323 e. The number of carbonyl (C=O) groups is 1. The van der Waals surface area contributed by atoms with Crippen LogP contribution in [0.2, 0.25) is 0 Å². The molecule has 1 saturated heterocycles. The number of aromatic nitrogens is 3. The Kier molecular flexibility index (Phi) is 3.73. The van der Waals surface area contributed by atoms with E-state index in [1.807, 2.05) is 11.6 Å². The Morgan fingerprint density at radius 2 is 2.47 bits per heavy atom.